The standard InChI is InChI=1S/C22H33FN7O5P/c23-18-12-16(9-10-19(18)31)25-21-26-20(15-6-3-1-2-4-7-15)27-22(28-21)30(24)13-17-8-5-11-29(17)14-35-36(32,33)34/h9-10,12,15,17,31H,1-8,11,13-14,24H2,(H2,32,33,34)(H,25,26,27,28). The molecule has 1 unspecified atom stereocenters. The quantitative estimate of drug-likeness (QED) is 0.107. The summed E-state index contributed by atoms with van der Waals surface area (Å²) >= 11 is 0. The molecule has 14 heteroatoms. The molecular weight excluding hydrogens is 492 g/mol. The number of aromatic nitrogens is 3. The van der Waals surface area contributed by atoms with E-state index < -0.39 is 19.4 Å². The SMILES string of the molecule is NN(CC1CCCN1COP(=O)(O)O)c1nc(Nc2ccc(O)c(F)c2)nc(C2CCCCCC2)n1. The summed E-state index contributed by atoms with van der Waals surface area (Å²) < 4.78 is 29.7. The van der Waals surface area contributed by atoms with E-state index in [9.17, 15) is 14.1 Å². The van der Waals surface area contributed by atoms with Crippen LogP contribution in [0.5, 0.6) is 5.75 Å². The minimum Gasteiger partial charge on any atom is -0.505 e. The lowest BCUT2D eigenvalue weighted by Crippen LogP contribution is -2.45. The van der Waals surface area contributed by atoms with Crippen LogP contribution < -0.4 is 16.2 Å². The molecule has 36 heavy (non-hydrogen) atoms. The number of halogens is 1. The van der Waals surface area contributed by atoms with Crippen molar-refractivity contribution in [3.05, 3.63) is 29.8 Å². The third kappa shape index (κ3) is 7.31. The van der Waals surface area contributed by atoms with Gasteiger partial charge in [0.05, 0.1) is 6.54 Å². The number of anilines is 3. The summed E-state index contributed by atoms with van der Waals surface area (Å²) in [7, 11) is -4.58. The van der Waals surface area contributed by atoms with Crippen LogP contribution in [0.3, 0.4) is 0 Å². The van der Waals surface area contributed by atoms with Gasteiger partial charge in [-0.3, -0.25) is 14.4 Å². The van der Waals surface area contributed by atoms with Crippen LogP contribution in [0.4, 0.5) is 22.0 Å². The zero-order valence-corrected chi connectivity index (χ0v) is 20.9. The van der Waals surface area contributed by atoms with E-state index in [0.29, 0.717) is 24.6 Å². The second-order valence-corrected chi connectivity index (χ2v) is 10.5. The number of nitrogens with one attached hydrogen (secondary N) is 1. The van der Waals surface area contributed by atoms with Crippen LogP contribution in [-0.4, -0.2) is 60.6 Å². The molecule has 0 amide bonds. The Morgan fingerprint density at radius 2 is 1.89 bits per heavy atom. The van der Waals surface area contributed by atoms with Crippen LogP contribution in [0.2, 0.25) is 0 Å². The predicted molar refractivity (Wildman–Crippen MR) is 131 cm³/mol. The first kappa shape index (κ1) is 26.6. The van der Waals surface area contributed by atoms with Gasteiger partial charge in [0.15, 0.2) is 11.6 Å². The second kappa shape index (κ2) is 11.8. The van der Waals surface area contributed by atoms with Gasteiger partial charge in [0.2, 0.25) is 11.9 Å². The van der Waals surface area contributed by atoms with Crippen LogP contribution >= 0.6 is 7.82 Å². The largest absolute Gasteiger partial charge is 0.505 e. The molecule has 1 aromatic carbocycles. The lowest BCUT2D eigenvalue weighted by atomic mass is 10.00. The highest BCUT2D eigenvalue weighted by Gasteiger charge is 2.29. The minimum atomic E-state index is -4.58. The van der Waals surface area contributed by atoms with E-state index in [4.69, 9.17) is 15.6 Å². The van der Waals surface area contributed by atoms with Gasteiger partial charge in [0.25, 0.3) is 0 Å². The molecule has 1 saturated heterocycles. The lowest BCUT2D eigenvalue weighted by Gasteiger charge is -2.28. The number of aromatic hydroxyl groups is 1. The number of hydrogen-bond acceptors (Lipinski definition) is 10. The van der Waals surface area contributed by atoms with E-state index in [-0.39, 0.29) is 30.6 Å². The highest BCUT2D eigenvalue weighted by molar-refractivity contribution is 7.46. The van der Waals surface area contributed by atoms with E-state index in [1.807, 2.05) is 4.90 Å². The Morgan fingerprint density at radius 1 is 1.14 bits per heavy atom. The van der Waals surface area contributed by atoms with Gasteiger partial charge in [0.1, 0.15) is 12.6 Å². The van der Waals surface area contributed by atoms with Crippen molar-refractivity contribution in [3.8, 4) is 5.75 Å². The molecule has 2 fully saturated rings. The van der Waals surface area contributed by atoms with Gasteiger partial charge < -0.3 is 20.2 Å². The first-order valence-corrected chi connectivity index (χ1v) is 13.7. The number of phosphoric acid groups is 1. The van der Waals surface area contributed by atoms with Gasteiger partial charge in [-0.25, -0.2) is 14.8 Å². The Labute approximate surface area is 208 Å². The highest BCUT2D eigenvalue weighted by atomic mass is 31.2. The van der Waals surface area contributed by atoms with Crippen molar-refractivity contribution in [1.29, 1.82) is 0 Å². The molecular formula is C22H33FN7O5P. The zero-order chi connectivity index (χ0) is 25.7. The smallest absolute Gasteiger partial charge is 0.470 e. The normalized spacial score (nSPS) is 19.8. The average molecular weight is 526 g/mol. The number of nitrogens with two attached hydrogens (primary N) is 1. The molecule has 0 radical (unpaired) electrons. The lowest BCUT2D eigenvalue weighted by molar-refractivity contribution is 0.0842. The van der Waals surface area contributed by atoms with Crippen LogP contribution in [0.15, 0.2) is 18.2 Å². The molecule has 1 aromatic heterocycles. The molecule has 1 saturated carbocycles. The van der Waals surface area contributed by atoms with Crippen molar-refractivity contribution in [2.45, 2.75) is 63.3 Å². The molecule has 1 atom stereocenters. The monoisotopic (exact) mass is 525 g/mol. The average Bonchev–Trinajstić information content (AvgIpc) is 3.08. The third-order valence-electron chi connectivity index (χ3n) is 6.62. The van der Waals surface area contributed by atoms with E-state index in [1.165, 1.54) is 30.0 Å². The van der Waals surface area contributed by atoms with E-state index in [1.54, 1.807) is 0 Å². The van der Waals surface area contributed by atoms with Gasteiger partial charge in [-0.1, -0.05) is 25.7 Å². The zero-order valence-electron chi connectivity index (χ0n) is 20.0. The van der Waals surface area contributed by atoms with E-state index in [0.717, 1.165) is 44.6 Å². The Morgan fingerprint density at radius 3 is 2.58 bits per heavy atom. The van der Waals surface area contributed by atoms with Crippen molar-refractivity contribution in [2.75, 3.05) is 30.1 Å². The fourth-order valence-electron chi connectivity index (χ4n) is 4.73. The molecule has 4 rings (SSSR count). The molecule has 0 spiro atoms. The Balaban J connectivity index is 1.55. The van der Waals surface area contributed by atoms with Crippen LogP contribution in [0, 0.1) is 5.82 Å². The first-order valence-electron chi connectivity index (χ1n) is 12.2. The van der Waals surface area contributed by atoms with Gasteiger partial charge in [-0.05, 0) is 37.8 Å². The van der Waals surface area contributed by atoms with E-state index in [2.05, 4.69) is 24.8 Å². The van der Waals surface area contributed by atoms with Gasteiger partial charge in [-0.2, -0.15) is 15.0 Å². The second-order valence-electron chi connectivity index (χ2n) is 9.31. The topological polar surface area (TPSA) is 170 Å². The number of likely N-dealkylation sites (tertiary alicyclic amines) is 1. The Kier molecular flexibility index (Phi) is 8.70. The molecule has 12 nitrogen and oxygen atoms in total. The molecule has 2 aromatic rings. The van der Waals surface area contributed by atoms with Crippen molar-refractivity contribution < 1.29 is 28.4 Å². The maximum atomic E-state index is 13.9. The van der Waals surface area contributed by atoms with Crippen LogP contribution in [-0.2, 0) is 9.09 Å². The summed E-state index contributed by atoms with van der Waals surface area (Å²) in [5, 5.41) is 13.9. The number of phenolic OH excluding ortho intramolecular Hbond substituents is 1. The Bertz CT molecular complexity index is 1080. The number of benzene rings is 1. The van der Waals surface area contributed by atoms with Crippen molar-refractivity contribution in [3.63, 3.8) is 0 Å². The highest BCUT2D eigenvalue weighted by Crippen LogP contribution is 2.37. The van der Waals surface area contributed by atoms with Crippen molar-refractivity contribution in [1.82, 2.24) is 19.9 Å². The molecule has 2 aliphatic rings. The number of phenols is 1. The number of phosphoric ester groups is 1. The first-order chi connectivity index (χ1) is 17.2. The Hall–Kier alpha value is -2.41. The molecule has 198 valence electrons. The number of nitrogens with zero attached hydrogens (tertiary/aromatic N) is 5. The van der Waals surface area contributed by atoms with Crippen LogP contribution in [0.25, 0.3) is 0 Å². The molecule has 1 aliphatic heterocycles. The summed E-state index contributed by atoms with van der Waals surface area (Å²) in [6, 6.07) is 3.81. The maximum Gasteiger partial charge on any atom is 0.470 e. The summed E-state index contributed by atoms with van der Waals surface area (Å²) in [4.78, 5) is 33.6. The molecule has 1 aliphatic carbocycles. The van der Waals surface area contributed by atoms with Crippen molar-refractivity contribution in [2.24, 2.45) is 5.84 Å². The summed E-state index contributed by atoms with van der Waals surface area (Å²) in [5.74, 6) is 6.41. The fraction of sp³-hybridized carbons (Fsp3) is 0.591. The fourth-order valence-corrected chi connectivity index (χ4v) is 5.03. The number of rotatable bonds is 9. The number of hydrogen-bond donors (Lipinski definition) is 5. The maximum absolute atomic E-state index is 13.9. The molecule has 6 N–H and O–H groups in total. The van der Waals surface area contributed by atoms with Gasteiger partial charge in [0, 0.05) is 30.3 Å². The predicted octanol–water partition coefficient (Wildman–Crippen LogP) is 3.11. The van der Waals surface area contributed by atoms with Gasteiger partial charge >= 0.3 is 7.82 Å². The summed E-state index contributed by atoms with van der Waals surface area (Å²) in [6.07, 6.45) is 8.03. The minimum absolute atomic E-state index is 0.109. The van der Waals surface area contributed by atoms with E-state index >= 15 is 0 Å². The van der Waals surface area contributed by atoms with Crippen molar-refractivity contribution >= 4 is 25.4 Å². The van der Waals surface area contributed by atoms with Gasteiger partial charge in [-0.15, -0.1) is 0 Å². The number of hydrazine groups is 1. The summed E-state index contributed by atoms with van der Waals surface area (Å²) in [5.41, 5.74) is 0.370. The molecule has 2 heterocycles. The van der Waals surface area contributed by atoms with Crippen LogP contribution in [0.1, 0.15) is 63.1 Å². The third-order valence-corrected chi connectivity index (χ3v) is 7.07. The summed E-state index contributed by atoms with van der Waals surface area (Å²) in [6.45, 7) is 0.737. The molecule has 0 bridgehead atoms.